The third-order valence-electron chi connectivity index (χ3n) is 4.17. The number of sulfonamides is 1. The maximum Gasteiger partial charge on any atom is 0.224 e. The molecule has 1 unspecified atom stereocenters. The molecule has 0 radical (unpaired) electrons. The van der Waals surface area contributed by atoms with Crippen LogP contribution in [-0.2, 0) is 10.0 Å². The lowest BCUT2D eigenvalue weighted by Gasteiger charge is -2.35. The quantitative estimate of drug-likeness (QED) is 0.536. The van der Waals surface area contributed by atoms with E-state index in [0.29, 0.717) is 23.8 Å². The van der Waals surface area contributed by atoms with E-state index in [0.717, 1.165) is 26.2 Å². The normalized spacial score (nSPS) is 18.7. The molecule has 0 saturated carbocycles. The standard InChI is InChI=1S/C16H25ClN4O2S/c1-4-15(14-5-6-16(17)18-13-14)24(22,23)21-11-9-20(10-12-21)8-7-19(2)3/h4-6,13,15H,1,7-12H2,2-3H3. The summed E-state index contributed by atoms with van der Waals surface area (Å²) in [5, 5.41) is -0.455. The van der Waals surface area contributed by atoms with Crippen LogP contribution in [0, 0.1) is 0 Å². The van der Waals surface area contributed by atoms with Crippen LogP contribution < -0.4 is 0 Å². The van der Waals surface area contributed by atoms with Crippen LogP contribution in [0.2, 0.25) is 5.15 Å². The molecule has 1 atom stereocenters. The Balaban J connectivity index is 2.04. The molecule has 6 nitrogen and oxygen atoms in total. The van der Waals surface area contributed by atoms with Crippen molar-refractivity contribution >= 4 is 21.6 Å². The first-order valence-electron chi connectivity index (χ1n) is 7.94. The molecule has 1 aliphatic rings. The van der Waals surface area contributed by atoms with Crippen LogP contribution in [0.15, 0.2) is 31.0 Å². The third-order valence-corrected chi connectivity index (χ3v) is 6.58. The third kappa shape index (κ3) is 4.77. The number of hydrogen-bond acceptors (Lipinski definition) is 5. The Bertz CT molecular complexity index is 641. The molecule has 134 valence electrons. The summed E-state index contributed by atoms with van der Waals surface area (Å²) in [6, 6.07) is 3.29. The largest absolute Gasteiger partial charge is 0.308 e. The summed E-state index contributed by atoms with van der Waals surface area (Å²) in [6.07, 6.45) is 2.96. The lowest BCUT2D eigenvalue weighted by atomic mass is 10.2. The van der Waals surface area contributed by atoms with Crippen molar-refractivity contribution in [3.8, 4) is 0 Å². The Labute approximate surface area is 149 Å². The topological polar surface area (TPSA) is 56.8 Å². The second-order valence-electron chi connectivity index (χ2n) is 6.16. The molecule has 1 saturated heterocycles. The van der Waals surface area contributed by atoms with Gasteiger partial charge in [0.15, 0.2) is 0 Å². The van der Waals surface area contributed by atoms with E-state index in [-0.39, 0.29) is 0 Å². The van der Waals surface area contributed by atoms with Gasteiger partial charge in [0, 0.05) is 45.5 Å². The monoisotopic (exact) mass is 372 g/mol. The first-order chi connectivity index (χ1) is 11.3. The molecule has 0 N–H and O–H groups in total. The van der Waals surface area contributed by atoms with Gasteiger partial charge in [-0.2, -0.15) is 4.31 Å². The average Bonchev–Trinajstić information content (AvgIpc) is 2.55. The van der Waals surface area contributed by atoms with E-state index in [1.165, 1.54) is 12.3 Å². The lowest BCUT2D eigenvalue weighted by Crippen LogP contribution is -2.50. The van der Waals surface area contributed by atoms with E-state index in [1.54, 1.807) is 16.4 Å². The molecule has 0 amide bonds. The number of aromatic nitrogens is 1. The van der Waals surface area contributed by atoms with Gasteiger partial charge in [-0.25, -0.2) is 13.4 Å². The van der Waals surface area contributed by atoms with E-state index in [9.17, 15) is 8.42 Å². The summed E-state index contributed by atoms with van der Waals surface area (Å²) in [5.41, 5.74) is 0.587. The van der Waals surface area contributed by atoms with Gasteiger partial charge in [0.05, 0.1) is 0 Å². The van der Waals surface area contributed by atoms with Crippen molar-refractivity contribution in [1.29, 1.82) is 0 Å². The molecular weight excluding hydrogens is 348 g/mol. The molecule has 1 aliphatic heterocycles. The molecule has 0 aromatic carbocycles. The number of likely N-dealkylation sites (N-methyl/N-ethyl adjacent to an activating group) is 1. The van der Waals surface area contributed by atoms with Crippen LogP contribution in [0.5, 0.6) is 0 Å². The molecule has 1 aromatic heterocycles. The average molecular weight is 373 g/mol. The predicted octanol–water partition coefficient (Wildman–Crippen LogP) is 1.47. The van der Waals surface area contributed by atoms with Crippen molar-refractivity contribution in [2.45, 2.75) is 5.25 Å². The van der Waals surface area contributed by atoms with Crippen LogP contribution in [0.4, 0.5) is 0 Å². The minimum atomic E-state index is -3.50. The first-order valence-corrected chi connectivity index (χ1v) is 9.82. The SMILES string of the molecule is C=CC(c1ccc(Cl)nc1)S(=O)(=O)N1CCN(CCN(C)C)CC1. The molecular formula is C16H25ClN4O2S. The zero-order valence-electron chi connectivity index (χ0n) is 14.2. The number of halogens is 1. The van der Waals surface area contributed by atoms with Crippen LogP contribution in [0.3, 0.4) is 0 Å². The molecule has 0 bridgehead atoms. The lowest BCUT2D eigenvalue weighted by molar-refractivity contribution is 0.174. The summed E-state index contributed by atoms with van der Waals surface area (Å²) in [6.45, 7) is 8.12. The first kappa shape index (κ1) is 19.3. The van der Waals surface area contributed by atoms with Crippen LogP contribution in [-0.4, -0.2) is 80.9 Å². The van der Waals surface area contributed by atoms with Crippen molar-refractivity contribution in [2.75, 3.05) is 53.4 Å². The molecule has 2 heterocycles. The fourth-order valence-corrected chi connectivity index (χ4v) is 4.53. The van der Waals surface area contributed by atoms with E-state index >= 15 is 0 Å². The van der Waals surface area contributed by atoms with Crippen molar-refractivity contribution in [3.05, 3.63) is 41.7 Å². The van der Waals surface area contributed by atoms with E-state index < -0.39 is 15.3 Å². The Kier molecular flexibility index (Phi) is 6.77. The van der Waals surface area contributed by atoms with Gasteiger partial charge >= 0.3 is 0 Å². The van der Waals surface area contributed by atoms with Gasteiger partial charge < -0.3 is 4.90 Å². The smallest absolute Gasteiger partial charge is 0.224 e. The molecule has 0 spiro atoms. The minimum absolute atomic E-state index is 0.341. The van der Waals surface area contributed by atoms with Gasteiger partial charge in [0.2, 0.25) is 10.0 Å². The minimum Gasteiger partial charge on any atom is -0.308 e. The van der Waals surface area contributed by atoms with E-state index in [4.69, 9.17) is 11.6 Å². The van der Waals surface area contributed by atoms with Crippen LogP contribution in [0.25, 0.3) is 0 Å². The van der Waals surface area contributed by atoms with E-state index in [1.807, 2.05) is 14.1 Å². The number of rotatable bonds is 7. The zero-order valence-corrected chi connectivity index (χ0v) is 15.8. The van der Waals surface area contributed by atoms with Gasteiger partial charge in [-0.1, -0.05) is 23.7 Å². The van der Waals surface area contributed by atoms with Crippen molar-refractivity contribution in [2.24, 2.45) is 0 Å². The Hall–Kier alpha value is -0.990. The summed E-state index contributed by atoms with van der Waals surface area (Å²) >= 11 is 5.78. The number of piperazine rings is 1. The molecule has 1 aromatic rings. The summed E-state index contributed by atoms with van der Waals surface area (Å²) in [4.78, 5) is 8.40. The summed E-state index contributed by atoms with van der Waals surface area (Å²) < 4.78 is 27.4. The molecule has 1 fully saturated rings. The highest BCUT2D eigenvalue weighted by atomic mass is 35.5. The Morgan fingerprint density at radius 2 is 2.00 bits per heavy atom. The van der Waals surface area contributed by atoms with E-state index in [2.05, 4.69) is 21.4 Å². The predicted molar refractivity (Wildman–Crippen MR) is 97.7 cm³/mol. The second-order valence-corrected chi connectivity index (χ2v) is 8.60. The van der Waals surface area contributed by atoms with Gasteiger partial charge in [-0.05, 0) is 25.7 Å². The number of nitrogens with zero attached hydrogens (tertiary/aromatic N) is 4. The van der Waals surface area contributed by atoms with Gasteiger partial charge in [0.25, 0.3) is 0 Å². The van der Waals surface area contributed by atoms with Gasteiger partial charge in [0.1, 0.15) is 10.4 Å². The number of hydrogen-bond donors (Lipinski definition) is 0. The summed E-state index contributed by atoms with van der Waals surface area (Å²) in [7, 11) is 0.575. The number of pyridine rings is 1. The van der Waals surface area contributed by atoms with Crippen molar-refractivity contribution < 1.29 is 8.42 Å². The highest BCUT2D eigenvalue weighted by Gasteiger charge is 2.33. The summed E-state index contributed by atoms with van der Waals surface area (Å²) in [5.74, 6) is 0. The molecule has 8 heteroatoms. The molecule has 0 aliphatic carbocycles. The van der Waals surface area contributed by atoms with Gasteiger partial charge in [-0.15, -0.1) is 6.58 Å². The molecule has 2 rings (SSSR count). The van der Waals surface area contributed by atoms with Crippen molar-refractivity contribution in [1.82, 2.24) is 19.1 Å². The Morgan fingerprint density at radius 1 is 1.33 bits per heavy atom. The fourth-order valence-electron chi connectivity index (χ4n) is 2.69. The maximum absolute atomic E-state index is 12.9. The van der Waals surface area contributed by atoms with Crippen molar-refractivity contribution in [3.63, 3.8) is 0 Å². The zero-order chi connectivity index (χ0) is 17.7. The van der Waals surface area contributed by atoms with Crippen LogP contribution in [0.1, 0.15) is 10.8 Å². The van der Waals surface area contributed by atoms with Gasteiger partial charge in [-0.3, -0.25) is 4.90 Å². The van der Waals surface area contributed by atoms with Crippen LogP contribution >= 0.6 is 11.6 Å². The fraction of sp³-hybridized carbons (Fsp3) is 0.562. The Morgan fingerprint density at radius 3 is 2.50 bits per heavy atom. The molecule has 24 heavy (non-hydrogen) atoms. The highest BCUT2D eigenvalue weighted by Crippen LogP contribution is 2.27. The maximum atomic E-state index is 12.9. The highest BCUT2D eigenvalue weighted by molar-refractivity contribution is 7.89. The second kappa shape index (κ2) is 8.40.